The van der Waals surface area contributed by atoms with Crippen LogP contribution in [0, 0.1) is 0 Å². The number of halogens is 1. The number of nitrogens with zero attached hydrogens (tertiary/aromatic N) is 4. The molecule has 7 heteroatoms. The number of carbonyl (C=O) groups excluding carboxylic acids is 1. The summed E-state index contributed by atoms with van der Waals surface area (Å²) in [5.74, 6) is 0.274. The monoisotopic (exact) mass is 407 g/mol. The third-order valence-electron chi connectivity index (χ3n) is 3.87. The van der Waals surface area contributed by atoms with Gasteiger partial charge in [-0.3, -0.25) is 4.79 Å². The van der Waals surface area contributed by atoms with Gasteiger partial charge < -0.3 is 5.32 Å². The minimum absolute atomic E-state index is 0.00362. The fraction of sp³-hybridized carbons (Fsp3) is 0.0526. The van der Waals surface area contributed by atoms with Gasteiger partial charge in [-0.15, -0.1) is 10.2 Å². The molecule has 1 heterocycles. The number of amides is 1. The van der Waals surface area contributed by atoms with E-state index in [1.165, 1.54) is 4.80 Å². The summed E-state index contributed by atoms with van der Waals surface area (Å²) in [5, 5.41) is 17.3. The van der Waals surface area contributed by atoms with Crippen LogP contribution in [0.4, 0.5) is 5.69 Å². The summed E-state index contributed by atoms with van der Waals surface area (Å²) in [7, 11) is 0. The summed E-state index contributed by atoms with van der Waals surface area (Å²) >= 11 is 3.39. The van der Waals surface area contributed by atoms with E-state index in [0.29, 0.717) is 5.82 Å². The predicted octanol–water partition coefficient (Wildman–Crippen LogP) is 3.89. The number of hydrogen-bond acceptors (Lipinski definition) is 4. The van der Waals surface area contributed by atoms with Crippen LogP contribution >= 0.6 is 15.9 Å². The summed E-state index contributed by atoms with van der Waals surface area (Å²) < 4.78 is 0.975. The molecule has 0 aliphatic rings. The average molecular weight is 408 g/mol. The Morgan fingerprint density at radius 2 is 1.77 bits per heavy atom. The molecule has 0 fully saturated rings. The average Bonchev–Trinajstić information content (AvgIpc) is 3.10. The molecular weight excluding hydrogens is 394 g/mol. The number of benzene rings is 3. The molecule has 1 amide bonds. The quantitative estimate of drug-likeness (QED) is 0.556. The Morgan fingerprint density at radius 3 is 2.58 bits per heavy atom. The summed E-state index contributed by atoms with van der Waals surface area (Å²) in [6, 6.07) is 21.4. The van der Waals surface area contributed by atoms with Gasteiger partial charge in [0.1, 0.15) is 6.54 Å². The molecule has 4 aromatic rings. The number of aromatic nitrogens is 4. The zero-order chi connectivity index (χ0) is 17.9. The van der Waals surface area contributed by atoms with Crippen molar-refractivity contribution in [2.75, 3.05) is 5.32 Å². The molecule has 0 radical (unpaired) electrons. The molecule has 0 saturated heterocycles. The van der Waals surface area contributed by atoms with E-state index in [0.717, 1.165) is 26.5 Å². The second-order valence-electron chi connectivity index (χ2n) is 5.76. The Balaban J connectivity index is 1.45. The molecule has 1 N–H and O–H groups in total. The van der Waals surface area contributed by atoms with E-state index in [-0.39, 0.29) is 12.5 Å². The molecule has 0 atom stereocenters. The molecule has 128 valence electrons. The Kier molecular flexibility index (Phi) is 4.45. The van der Waals surface area contributed by atoms with Crippen LogP contribution in [-0.2, 0) is 11.3 Å². The van der Waals surface area contributed by atoms with E-state index >= 15 is 0 Å². The fourth-order valence-corrected chi connectivity index (χ4v) is 2.89. The van der Waals surface area contributed by atoms with Crippen LogP contribution in [0.25, 0.3) is 22.2 Å². The number of nitrogens with one attached hydrogen (secondary N) is 1. The third-order valence-corrected chi connectivity index (χ3v) is 4.40. The lowest BCUT2D eigenvalue weighted by Gasteiger charge is -2.06. The molecule has 1 aromatic heterocycles. The van der Waals surface area contributed by atoms with Gasteiger partial charge in [0.25, 0.3) is 0 Å². The van der Waals surface area contributed by atoms with Crippen LogP contribution in [0.1, 0.15) is 0 Å². The molecule has 4 rings (SSSR count). The van der Waals surface area contributed by atoms with Crippen molar-refractivity contribution < 1.29 is 4.79 Å². The number of carbonyl (C=O) groups is 1. The van der Waals surface area contributed by atoms with Crippen molar-refractivity contribution in [2.45, 2.75) is 6.54 Å². The molecule has 0 aliphatic heterocycles. The van der Waals surface area contributed by atoms with Gasteiger partial charge >= 0.3 is 0 Å². The van der Waals surface area contributed by atoms with Gasteiger partial charge in [0, 0.05) is 15.7 Å². The highest BCUT2D eigenvalue weighted by Gasteiger charge is 2.10. The highest BCUT2D eigenvalue weighted by atomic mass is 79.9. The van der Waals surface area contributed by atoms with Gasteiger partial charge in [-0.05, 0) is 52.4 Å². The Hall–Kier alpha value is -3.06. The smallest absolute Gasteiger partial charge is 0.248 e. The van der Waals surface area contributed by atoms with E-state index in [1.54, 1.807) is 0 Å². The topological polar surface area (TPSA) is 72.7 Å². The Bertz CT molecular complexity index is 1070. The van der Waals surface area contributed by atoms with Crippen molar-refractivity contribution in [2.24, 2.45) is 0 Å². The molecular formula is C19H14BrN5O. The molecule has 0 spiro atoms. The van der Waals surface area contributed by atoms with Crippen molar-refractivity contribution in [1.82, 2.24) is 20.2 Å². The normalized spacial score (nSPS) is 10.8. The molecule has 0 bridgehead atoms. The Morgan fingerprint density at radius 1 is 1.00 bits per heavy atom. The van der Waals surface area contributed by atoms with Crippen LogP contribution in [-0.4, -0.2) is 26.1 Å². The number of fused-ring (bicyclic) bond motifs is 1. The lowest BCUT2D eigenvalue weighted by atomic mass is 10.1. The first-order valence-electron chi connectivity index (χ1n) is 8.00. The molecule has 0 saturated carbocycles. The molecule has 26 heavy (non-hydrogen) atoms. The molecule has 0 unspecified atom stereocenters. The van der Waals surface area contributed by atoms with Crippen LogP contribution in [0.15, 0.2) is 71.2 Å². The summed E-state index contributed by atoms with van der Waals surface area (Å²) in [6.07, 6.45) is 0. The van der Waals surface area contributed by atoms with Gasteiger partial charge in [-0.1, -0.05) is 46.3 Å². The molecule has 6 nitrogen and oxygen atoms in total. The van der Waals surface area contributed by atoms with E-state index < -0.39 is 0 Å². The number of anilines is 1. The van der Waals surface area contributed by atoms with Gasteiger partial charge in [0.2, 0.25) is 11.7 Å². The van der Waals surface area contributed by atoms with Crippen LogP contribution in [0.3, 0.4) is 0 Å². The SMILES string of the molecule is O=C(Cn1nnc(-c2ccc(Br)cc2)n1)Nc1ccc2ccccc2c1. The Labute approximate surface area is 158 Å². The van der Waals surface area contributed by atoms with Crippen molar-refractivity contribution >= 4 is 38.3 Å². The first-order valence-corrected chi connectivity index (χ1v) is 8.79. The van der Waals surface area contributed by atoms with Crippen molar-refractivity contribution in [3.05, 3.63) is 71.2 Å². The molecule has 3 aromatic carbocycles. The van der Waals surface area contributed by atoms with Gasteiger partial charge in [0.15, 0.2) is 0 Å². The second kappa shape index (κ2) is 7.05. The van der Waals surface area contributed by atoms with E-state index in [9.17, 15) is 4.79 Å². The largest absolute Gasteiger partial charge is 0.324 e. The highest BCUT2D eigenvalue weighted by Crippen LogP contribution is 2.19. The van der Waals surface area contributed by atoms with Crippen LogP contribution in [0.5, 0.6) is 0 Å². The van der Waals surface area contributed by atoms with Crippen molar-refractivity contribution in [1.29, 1.82) is 0 Å². The maximum Gasteiger partial charge on any atom is 0.248 e. The van der Waals surface area contributed by atoms with Crippen molar-refractivity contribution in [3.8, 4) is 11.4 Å². The van der Waals surface area contributed by atoms with E-state index in [2.05, 4.69) is 36.7 Å². The minimum Gasteiger partial charge on any atom is -0.324 e. The van der Waals surface area contributed by atoms with Gasteiger partial charge in [0.05, 0.1) is 0 Å². The first kappa shape index (κ1) is 16.4. The van der Waals surface area contributed by atoms with Gasteiger partial charge in [-0.2, -0.15) is 4.80 Å². The standard InChI is InChI=1S/C19H14BrN5O/c20-16-8-5-14(6-9-16)19-22-24-25(23-19)12-18(26)21-17-10-7-13-3-1-2-4-15(13)11-17/h1-11H,12H2,(H,21,26). The number of rotatable bonds is 4. The number of hydrogen-bond donors (Lipinski definition) is 1. The lowest BCUT2D eigenvalue weighted by Crippen LogP contribution is -2.20. The minimum atomic E-state index is -0.208. The lowest BCUT2D eigenvalue weighted by molar-refractivity contribution is -0.117. The van der Waals surface area contributed by atoms with E-state index in [1.807, 2.05) is 66.7 Å². The zero-order valence-electron chi connectivity index (χ0n) is 13.6. The summed E-state index contributed by atoms with van der Waals surface area (Å²) in [4.78, 5) is 13.5. The predicted molar refractivity (Wildman–Crippen MR) is 104 cm³/mol. The summed E-state index contributed by atoms with van der Waals surface area (Å²) in [6.45, 7) is -0.00362. The number of tetrazole rings is 1. The highest BCUT2D eigenvalue weighted by molar-refractivity contribution is 9.10. The second-order valence-corrected chi connectivity index (χ2v) is 6.68. The molecule has 0 aliphatic carbocycles. The maximum atomic E-state index is 12.3. The fourth-order valence-electron chi connectivity index (χ4n) is 2.62. The third kappa shape index (κ3) is 3.62. The van der Waals surface area contributed by atoms with Crippen molar-refractivity contribution in [3.63, 3.8) is 0 Å². The van der Waals surface area contributed by atoms with Crippen LogP contribution in [0.2, 0.25) is 0 Å². The first-order chi connectivity index (χ1) is 12.7. The zero-order valence-corrected chi connectivity index (χ0v) is 15.2. The summed E-state index contributed by atoms with van der Waals surface area (Å²) in [5.41, 5.74) is 1.58. The van der Waals surface area contributed by atoms with Crippen LogP contribution < -0.4 is 5.32 Å². The maximum absolute atomic E-state index is 12.3. The van der Waals surface area contributed by atoms with Gasteiger partial charge in [-0.25, -0.2) is 0 Å². The van der Waals surface area contributed by atoms with E-state index in [4.69, 9.17) is 0 Å².